The number of benzene rings is 1. The molecule has 0 spiro atoms. The van der Waals surface area contributed by atoms with Gasteiger partial charge >= 0.3 is 5.97 Å². The highest BCUT2D eigenvalue weighted by atomic mass is 79.9. The minimum atomic E-state index is -4.18. The van der Waals surface area contributed by atoms with Crippen molar-refractivity contribution in [1.82, 2.24) is 10.2 Å². The van der Waals surface area contributed by atoms with Gasteiger partial charge in [0.2, 0.25) is 11.8 Å². The quantitative estimate of drug-likeness (QED) is 0.237. The molecule has 0 unspecified atom stereocenters. The lowest BCUT2D eigenvalue weighted by Crippen LogP contribution is -2.56. The summed E-state index contributed by atoms with van der Waals surface area (Å²) >= 11 is 3.26. The summed E-state index contributed by atoms with van der Waals surface area (Å²) in [5, 5.41) is 2.74. The van der Waals surface area contributed by atoms with Crippen molar-refractivity contribution in [1.29, 1.82) is 0 Å². The fraction of sp³-hybridized carbons (Fsp3) is 0.560. The minimum absolute atomic E-state index is 0.0539. The van der Waals surface area contributed by atoms with Crippen molar-refractivity contribution in [3.8, 4) is 0 Å². The van der Waals surface area contributed by atoms with Crippen LogP contribution >= 0.6 is 15.9 Å². The molecule has 3 aliphatic rings. The fourth-order valence-electron chi connectivity index (χ4n) is 5.15. The average molecular weight is 615 g/mol. The second-order valence-electron chi connectivity index (χ2n) is 9.84. The second-order valence-corrected chi connectivity index (χ2v) is 12.3. The van der Waals surface area contributed by atoms with Crippen molar-refractivity contribution in [2.24, 2.45) is 17.6 Å². The van der Waals surface area contributed by atoms with Crippen LogP contribution in [0.1, 0.15) is 25.7 Å². The van der Waals surface area contributed by atoms with E-state index in [0.29, 0.717) is 36.9 Å². The maximum absolute atomic E-state index is 13.5. The highest BCUT2D eigenvalue weighted by Gasteiger charge is 2.62. The number of rotatable bonds is 9. The number of likely N-dealkylation sites (tertiary alicyclic amines) is 1. The van der Waals surface area contributed by atoms with Gasteiger partial charge in [-0.1, -0.05) is 22.0 Å². The maximum Gasteiger partial charge on any atom is 0.332 e. The lowest BCUT2D eigenvalue weighted by Gasteiger charge is -2.32. The Hall–Kier alpha value is -2.32. The summed E-state index contributed by atoms with van der Waals surface area (Å²) in [5.74, 6) is -2.16. The molecule has 11 nitrogen and oxygen atoms in total. The van der Waals surface area contributed by atoms with Gasteiger partial charge < -0.3 is 25.4 Å². The zero-order valence-corrected chi connectivity index (χ0v) is 23.4. The molecule has 1 saturated carbocycles. The van der Waals surface area contributed by atoms with E-state index in [-0.39, 0.29) is 29.7 Å². The molecule has 5 atom stereocenters. The van der Waals surface area contributed by atoms with E-state index in [2.05, 4.69) is 27.8 Å². The van der Waals surface area contributed by atoms with E-state index in [9.17, 15) is 22.8 Å². The summed E-state index contributed by atoms with van der Waals surface area (Å²) in [5.41, 5.74) is 5.07. The van der Waals surface area contributed by atoms with E-state index < -0.39 is 51.6 Å². The molecule has 0 bridgehead atoms. The molecule has 2 heterocycles. The van der Waals surface area contributed by atoms with Gasteiger partial charge in [0.05, 0.1) is 24.2 Å². The first-order valence-corrected chi connectivity index (χ1v) is 14.6. The largest absolute Gasteiger partial charge is 0.467 e. The molecule has 0 radical (unpaired) electrons. The average Bonchev–Trinajstić information content (AvgIpc) is 3.47. The highest BCUT2D eigenvalue weighted by Crippen LogP contribution is 2.45. The van der Waals surface area contributed by atoms with Crippen LogP contribution in [0.25, 0.3) is 0 Å². The van der Waals surface area contributed by atoms with E-state index in [1.165, 1.54) is 24.1 Å². The second kappa shape index (κ2) is 11.4. The van der Waals surface area contributed by atoms with Crippen LogP contribution < -0.4 is 11.1 Å². The van der Waals surface area contributed by atoms with Crippen LogP contribution in [0, 0.1) is 11.8 Å². The first kappa shape index (κ1) is 28.7. The number of hydrogen-bond acceptors (Lipinski definition) is 9. The van der Waals surface area contributed by atoms with Gasteiger partial charge in [-0.2, -0.15) is 8.42 Å². The molecular weight excluding hydrogens is 582 g/mol. The summed E-state index contributed by atoms with van der Waals surface area (Å²) in [4.78, 5) is 40.7. The van der Waals surface area contributed by atoms with Crippen LogP contribution in [0.2, 0.25) is 0 Å². The standard InChI is InChI=1S/C25H32BrN3O8S/c1-3-16-13-25(16,24(32)35-2)28-22(30)20-12-18(37-38(33,34)19-6-4-17(26)5-7-19)14-29(20)23(31)21(27)15-8-10-36-11-9-15/h3-7,15-16,18,20-21H,1,8-14,27H2,2H3,(H,28,30)/t16-,18+,20+,21+,25-/m1/s1. The summed E-state index contributed by atoms with van der Waals surface area (Å²) < 4.78 is 42.3. The molecule has 4 rings (SSSR count). The summed E-state index contributed by atoms with van der Waals surface area (Å²) in [6, 6.07) is 3.94. The topological polar surface area (TPSA) is 154 Å². The van der Waals surface area contributed by atoms with E-state index in [1.807, 2.05) is 0 Å². The number of carbonyl (C=O) groups excluding carboxylic acids is 3. The third kappa shape index (κ3) is 5.81. The minimum Gasteiger partial charge on any atom is -0.467 e. The summed E-state index contributed by atoms with van der Waals surface area (Å²) in [7, 11) is -2.95. The summed E-state index contributed by atoms with van der Waals surface area (Å²) in [6.45, 7) is 4.52. The molecular formula is C25H32BrN3O8S. The van der Waals surface area contributed by atoms with Crippen molar-refractivity contribution < 1.29 is 36.5 Å². The Bertz CT molecular complexity index is 1190. The smallest absolute Gasteiger partial charge is 0.332 e. The number of hydrogen-bond donors (Lipinski definition) is 2. The summed E-state index contributed by atoms with van der Waals surface area (Å²) in [6.07, 6.45) is 1.99. The van der Waals surface area contributed by atoms with Crippen LogP contribution in [0.15, 0.2) is 46.3 Å². The number of nitrogens with two attached hydrogens (primary N) is 1. The van der Waals surface area contributed by atoms with Crippen molar-refractivity contribution in [2.45, 2.75) is 54.3 Å². The van der Waals surface area contributed by atoms with Gasteiger partial charge in [-0.3, -0.25) is 13.8 Å². The molecule has 2 saturated heterocycles. The Kier molecular flexibility index (Phi) is 8.62. The lowest BCUT2D eigenvalue weighted by atomic mass is 9.91. The Labute approximate surface area is 230 Å². The molecule has 1 aliphatic carbocycles. The third-order valence-corrected chi connectivity index (χ3v) is 9.37. The van der Waals surface area contributed by atoms with Crippen molar-refractivity contribution in [3.63, 3.8) is 0 Å². The van der Waals surface area contributed by atoms with Crippen LogP contribution in [0.4, 0.5) is 0 Å². The Balaban J connectivity index is 1.56. The van der Waals surface area contributed by atoms with Crippen LogP contribution in [-0.4, -0.2) is 81.7 Å². The molecule has 2 amide bonds. The van der Waals surface area contributed by atoms with Gasteiger partial charge in [-0.15, -0.1) is 6.58 Å². The molecule has 1 aromatic rings. The molecule has 1 aromatic carbocycles. The van der Waals surface area contributed by atoms with Gasteiger partial charge in [0.25, 0.3) is 10.1 Å². The number of ether oxygens (including phenoxy) is 2. The first-order valence-electron chi connectivity index (χ1n) is 12.4. The van der Waals surface area contributed by atoms with Crippen LogP contribution in [0.3, 0.4) is 0 Å². The number of esters is 1. The molecule has 2 aliphatic heterocycles. The lowest BCUT2D eigenvalue weighted by molar-refractivity contribution is -0.148. The maximum atomic E-state index is 13.5. The highest BCUT2D eigenvalue weighted by molar-refractivity contribution is 9.10. The monoisotopic (exact) mass is 613 g/mol. The van der Waals surface area contributed by atoms with E-state index in [0.717, 1.165) is 0 Å². The fourth-order valence-corrected chi connectivity index (χ4v) is 6.49. The number of nitrogens with one attached hydrogen (secondary N) is 1. The molecule has 0 aromatic heterocycles. The predicted molar refractivity (Wildman–Crippen MR) is 139 cm³/mol. The van der Waals surface area contributed by atoms with Crippen LogP contribution in [-0.2, 0) is 38.2 Å². The van der Waals surface area contributed by atoms with Crippen LogP contribution in [0.5, 0.6) is 0 Å². The molecule has 13 heteroatoms. The molecule has 3 fully saturated rings. The molecule has 3 N–H and O–H groups in total. The first-order chi connectivity index (χ1) is 18.0. The number of methoxy groups -OCH3 is 1. The van der Waals surface area contributed by atoms with Gasteiger partial charge in [0, 0.05) is 36.6 Å². The van der Waals surface area contributed by atoms with Gasteiger partial charge in [-0.25, -0.2) is 4.79 Å². The third-order valence-electron chi connectivity index (χ3n) is 7.47. The number of amides is 2. The Morgan fingerprint density at radius 3 is 2.50 bits per heavy atom. The van der Waals surface area contributed by atoms with Gasteiger partial charge in [0.1, 0.15) is 11.6 Å². The zero-order chi connectivity index (χ0) is 27.7. The Morgan fingerprint density at radius 1 is 1.26 bits per heavy atom. The van der Waals surface area contributed by atoms with E-state index in [1.54, 1.807) is 18.2 Å². The van der Waals surface area contributed by atoms with E-state index in [4.69, 9.17) is 19.4 Å². The van der Waals surface area contributed by atoms with Gasteiger partial charge in [0.15, 0.2) is 0 Å². The molecule has 38 heavy (non-hydrogen) atoms. The Morgan fingerprint density at radius 2 is 1.92 bits per heavy atom. The predicted octanol–water partition coefficient (Wildman–Crippen LogP) is 1.11. The van der Waals surface area contributed by atoms with Gasteiger partial charge in [-0.05, 0) is 49.4 Å². The number of nitrogens with zero attached hydrogens (tertiary/aromatic N) is 1. The number of carbonyl (C=O) groups is 3. The zero-order valence-electron chi connectivity index (χ0n) is 21.0. The van der Waals surface area contributed by atoms with Crippen molar-refractivity contribution in [3.05, 3.63) is 41.4 Å². The van der Waals surface area contributed by atoms with E-state index >= 15 is 0 Å². The number of halogens is 1. The van der Waals surface area contributed by atoms with Crippen molar-refractivity contribution in [2.75, 3.05) is 26.9 Å². The van der Waals surface area contributed by atoms with Crippen molar-refractivity contribution >= 4 is 43.8 Å². The normalized spacial score (nSPS) is 28.4. The molecule has 208 valence electrons. The SMILES string of the molecule is C=C[C@@H]1C[C@]1(NC(=O)[C@@H]1C[C@H](OS(=O)(=O)c2ccc(Br)cc2)CN1C(=O)[C@@H](N)C1CCOCC1)C(=O)OC.